The molecule has 1 aliphatic carbocycles. The predicted molar refractivity (Wildman–Crippen MR) is 85.8 cm³/mol. The number of amides is 1. The average Bonchev–Trinajstić information content (AvgIpc) is 2.83. The second kappa shape index (κ2) is 7.80. The lowest BCUT2D eigenvalue weighted by molar-refractivity contribution is -0.122. The number of rotatable bonds is 3. The van der Waals surface area contributed by atoms with Crippen LogP contribution in [-0.2, 0) is 9.53 Å². The third-order valence-electron chi connectivity index (χ3n) is 5.27. The lowest BCUT2D eigenvalue weighted by atomic mass is 9.82. The fourth-order valence-electron chi connectivity index (χ4n) is 4.12. The Balaban J connectivity index is 0.00000161. The Labute approximate surface area is 134 Å². The summed E-state index contributed by atoms with van der Waals surface area (Å²) in [6.07, 6.45) is 10.3. The highest BCUT2D eigenvalue weighted by molar-refractivity contribution is 5.85. The van der Waals surface area contributed by atoms with Gasteiger partial charge in [0.1, 0.15) is 0 Å². The second-order valence-corrected chi connectivity index (χ2v) is 6.92. The van der Waals surface area contributed by atoms with Crippen LogP contribution in [0.5, 0.6) is 0 Å². The molecule has 0 aromatic carbocycles. The van der Waals surface area contributed by atoms with Crippen LogP contribution < -0.4 is 10.6 Å². The third-order valence-corrected chi connectivity index (χ3v) is 5.27. The minimum atomic E-state index is 0. The normalized spacial score (nSPS) is 29.0. The second-order valence-electron chi connectivity index (χ2n) is 6.92. The van der Waals surface area contributed by atoms with Gasteiger partial charge in [-0.25, -0.2) is 0 Å². The maximum absolute atomic E-state index is 12.2. The first-order chi connectivity index (χ1) is 9.76. The van der Waals surface area contributed by atoms with E-state index in [0.29, 0.717) is 12.3 Å². The van der Waals surface area contributed by atoms with Crippen molar-refractivity contribution in [3.63, 3.8) is 0 Å². The summed E-state index contributed by atoms with van der Waals surface area (Å²) in [6.45, 7) is 2.85. The number of ether oxygens (including phenoxy) is 1. The van der Waals surface area contributed by atoms with Crippen LogP contribution in [0.3, 0.4) is 0 Å². The van der Waals surface area contributed by atoms with Gasteiger partial charge in [-0.2, -0.15) is 0 Å². The molecule has 0 aromatic rings. The maximum atomic E-state index is 12.2. The van der Waals surface area contributed by atoms with Crippen molar-refractivity contribution in [3.05, 3.63) is 0 Å². The highest BCUT2D eigenvalue weighted by atomic mass is 35.5. The van der Waals surface area contributed by atoms with Crippen LogP contribution in [0.4, 0.5) is 0 Å². The number of hydrogen-bond donors (Lipinski definition) is 2. The topological polar surface area (TPSA) is 50.4 Å². The highest BCUT2D eigenvalue weighted by Crippen LogP contribution is 2.39. The molecule has 21 heavy (non-hydrogen) atoms. The molecule has 1 spiro atoms. The van der Waals surface area contributed by atoms with Gasteiger partial charge in [-0.15, -0.1) is 12.4 Å². The minimum absolute atomic E-state index is 0. The van der Waals surface area contributed by atoms with Gasteiger partial charge in [0.15, 0.2) is 0 Å². The SMILES string of the molecule is Cl.O=C(CC1CCNCC1)NC1COC2(CCCCC2)C1. The first kappa shape index (κ1) is 17.0. The van der Waals surface area contributed by atoms with E-state index in [0.717, 1.165) is 39.0 Å². The Hall–Kier alpha value is -0.320. The van der Waals surface area contributed by atoms with Gasteiger partial charge >= 0.3 is 0 Å². The van der Waals surface area contributed by atoms with Gasteiger partial charge in [-0.05, 0) is 51.1 Å². The summed E-state index contributed by atoms with van der Waals surface area (Å²) in [4.78, 5) is 12.2. The van der Waals surface area contributed by atoms with Gasteiger partial charge < -0.3 is 15.4 Å². The monoisotopic (exact) mass is 316 g/mol. The standard InChI is InChI=1S/C16H28N2O2.ClH/c19-15(10-13-4-8-17-9-5-13)18-14-11-16(20-12-14)6-2-1-3-7-16;/h13-14,17H,1-12H2,(H,18,19);1H. The van der Waals surface area contributed by atoms with Gasteiger partial charge in [0.2, 0.25) is 5.91 Å². The van der Waals surface area contributed by atoms with Gasteiger partial charge in [-0.3, -0.25) is 4.79 Å². The molecule has 2 saturated heterocycles. The molecule has 1 unspecified atom stereocenters. The van der Waals surface area contributed by atoms with E-state index in [1.54, 1.807) is 0 Å². The van der Waals surface area contributed by atoms with E-state index in [1.165, 1.54) is 32.1 Å². The van der Waals surface area contributed by atoms with Crippen LogP contribution in [0.25, 0.3) is 0 Å². The Morgan fingerprint density at radius 3 is 2.62 bits per heavy atom. The summed E-state index contributed by atoms with van der Waals surface area (Å²) in [6, 6.07) is 0.252. The predicted octanol–water partition coefficient (Wildman–Crippen LogP) is 2.41. The first-order valence-corrected chi connectivity index (χ1v) is 8.40. The summed E-state index contributed by atoms with van der Waals surface area (Å²) < 4.78 is 6.06. The fraction of sp³-hybridized carbons (Fsp3) is 0.938. The molecule has 3 rings (SSSR count). The number of piperidine rings is 1. The van der Waals surface area contributed by atoms with Gasteiger partial charge in [0, 0.05) is 6.42 Å². The zero-order valence-electron chi connectivity index (χ0n) is 12.9. The molecule has 1 atom stereocenters. The summed E-state index contributed by atoms with van der Waals surface area (Å²) in [5.41, 5.74) is 0.102. The molecule has 3 aliphatic rings. The lowest BCUT2D eigenvalue weighted by Gasteiger charge is -2.32. The van der Waals surface area contributed by atoms with Crippen LogP contribution in [0.1, 0.15) is 57.8 Å². The van der Waals surface area contributed by atoms with E-state index in [-0.39, 0.29) is 30.0 Å². The summed E-state index contributed by atoms with van der Waals surface area (Å²) in [5.74, 6) is 0.806. The molecule has 0 radical (unpaired) electrons. The molecular weight excluding hydrogens is 288 g/mol. The van der Waals surface area contributed by atoms with Crippen molar-refractivity contribution >= 4 is 18.3 Å². The first-order valence-electron chi connectivity index (χ1n) is 8.40. The lowest BCUT2D eigenvalue weighted by Crippen LogP contribution is -2.39. The highest BCUT2D eigenvalue weighted by Gasteiger charge is 2.41. The van der Waals surface area contributed by atoms with Crippen LogP contribution in [0.2, 0.25) is 0 Å². The van der Waals surface area contributed by atoms with E-state index in [9.17, 15) is 4.79 Å². The molecule has 2 N–H and O–H groups in total. The molecule has 5 heteroatoms. The zero-order valence-corrected chi connectivity index (χ0v) is 13.7. The average molecular weight is 317 g/mol. The molecule has 0 bridgehead atoms. The Bertz CT molecular complexity index is 339. The quantitative estimate of drug-likeness (QED) is 0.840. The summed E-state index contributed by atoms with van der Waals surface area (Å²) in [5, 5.41) is 6.56. The van der Waals surface area contributed by atoms with E-state index >= 15 is 0 Å². The Kier molecular flexibility index (Phi) is 6.33. The molecule has 1 amide bonds. The van der Waals surface area contributed by atoms with E-state index < -0.39 is 0 Å². The van der Waals surface area contributed by atoms with Crippen LogP contribution in [0.15, 0.2) is 0 Å². The number of hydrogen-bond acceptors (Lipinski definition) is 3. The number of carbonyl (C=O) groups excluding carboxylic acids is 1. The molecule has 1 saturated carbocycles. The third kappa shape index (κ3) is 4.57. The van der Waals surface area contributed by atoms with Crippen molar-refractivity contribution in [3.8, 4) is 0 Å². The van der Waals surface area contributed by atoms with Crippen molar-refractivity contribution in [2.75, 3.05) is 19.7 Å². The van der Waals surface area contributed by atoms with Crippen molar-refractivity contribution < 1.29 is 9.53 Å². The summed E-state index contributed by atoms with van der Waals surface area (Å²) in [7, 11) is 0. The largest absolute Gasteiger partial charge is 0.373 e. The maximum Gasteiger partial charge on any atom is 0.220 e. The molecule has 2 aliphatic heterocycles. The molecule has 122 valence electrons. The number of carbonyl (C=O) groups is 1. The van der Waals surface area contributed by atoms with Gasteiger partial charge in [0.25, 0.3) is 0 Å². The van der Waals surface area contributed by atoms with E-state index in [1.807, 2.05) is 0 Å². The van der Waals surface area contributed by atoms with E-state index in [2.05, 4.69) is 10.6 Å². The zero-order chi connectivity index (χ0) is 13.8. The van der Waals surface area contributed by atoms with Crippen LogP contribution >= 0.6 is 12.4 Å². The Morgan fingerprint density at radius 2 is 1.90 bits per heavy atom. The van der Waals surface area contributed by atoms with Crippen molar-refractivity contribution in [1.29, 1.82) is 0 Å². The number of halogens is 1. The smallest absolute Gasteiger partial charge is 0.220 e. The van der Waals surface area contributed by atoms with E-state index in [4.69, 9.17) is 4.74 Å². The van der Waals surface area contributed by atoms with Crippen molar-refractivity contribution in [2.24, 2.45) is 5.92 Å². The summed E-state index contributed by atoms with van der Waals surface area (Å²) >= 11 is 0. The molecule has 2 heterocycles. The van der Waals surface area contributed by atoms with Crippen LogP contribution in [-0.4, -0.2) is 37.2 Å². The van der Waals surface area contributed by atoms with Crippen molar-refractivity contribution in [2.45, 2.75) is 69.4 Å². The van der Waals surface area contributed by atoms with Gasteiger partial charge in [-0.1, -0.05) is 19.3 Å². The molecule has 0 aromatic heterocycles. The van der Waals surface area contributed by atoms with Crippen molar-refractivity contribution in [1.82, 2.24) is 10.6 Å². The fourth-order valence-corrected chi connectivity index (χ4v) is 4.12. The van der Waals surface area contributed by atoms with Crippen LogP contribution in [0, 0.1) is 5.92 Å². The molecule has 3 fully saturated rings. The minimum Gasteiger partial charge on any atom is -0.373 e. The molecular formula is C16H29ClN2O2. The number of nitrogens with one attached hydrogen (secondary N) is 2. The molecule has 4 nitrogen and oxygen atoms in total. The van der Waals surface area contributed by atoms with Gasteiger partial charge in [0.05, 0.1) is 18.2 Å². The Morgan fingerprint density at radius 1 is 1.19 bits per heavy atom.